The van der Waals surface area contributed by atoms with Gasteiger partial charge >= 0.3 is 5.97 Å². The highest BCUT2D eigenvalue weighted by molar-refractivity contribution is 5.69. The van der Waals surface area contributed by atoms with Crippen molar-refractivity contribution in [1.29, 1.82) is 0 Å². The van der Waals surface area contributed by atoms with Crippen LogP contribution in [0.2, 0.25) is 0 Å². The van der Waals surface area contributed by atoms with Crippen LogP contribution >= 0.6 is 0 Å². The van der Waals surface area contributed by atoms with Crippen LogP contribution in [0, 0.1) is 6.42 Å². The van der Waals surface area contributed by atoms with Gasteiger partial charge in [0.25, 0.3) is 0 Å². The molecule has 0 spiro atoms. The minimum Gasteiger partial charge on any atom is -0.457 e. The van der Waals surface area contributed by atoms with E-state index in [0.717, 1.165) is 6.42 Å². The Labute approximate surface area is 66.7 Å². The number of hydrogen-bond donors (Lipinski definition) is 0. The Balaban J connectivity index is 2.00. The molecule has 1 aliphatic rings. The summed E-state index contributed by atoms with van der Waals surface area (Å²) < 4.78 is 9.86. The third-order valence-electron chi connectivity index (χ3n) is 1.54. The molecule has 1 rings (SSSR count). The fourth-order valence-electron chi connectivity index (χ4n) is 0.789. The molecule has 0 aliphatic carbocycles. The van der Waals surface area contributed by atoms with Gasteiger partial charge in [0.15, 0.2) is 0 Å². The Hall–Kier alpha value is -0.570. The summed E-state index contributed by atoms with van der Waals surface area (Å²) in [5, 5.41) is 0. The first kappa shape index (κ1) is 8.53. The van der Waals surface area contributed by atoms with Crippen molar-refractivity contribution in [2.45, 2.75) is 25.9 Å². The van der Waals surface area contributed by atoms with Crippen LogP contribution < -0.4 is 0 Å². The largest absolute Gasteiger partial charge is 0.457 e. The van der Waals surface area contributed by atoms with Crippen molar-refractivity contribution in [3.05, 3.63) is 6.42 Å². The summed E-state index contributed by atoms with van der Waals surface area (Å²) >= 11 is 0. The molecular weight excluding hydrogens is 144 g/mol. The third-order valence-corrected chi connectivity index (χ3v) is 1.54. The first-order valence-electron chi connectivity index (χ1n) is 3.88. The maximum Gasteiger partial charge on any atom is 0.306 e. The lowest BCUT2D eigenvalue weighted by Crippen LogP contribution is -2.37. The van der Waals surface area contributed by atoms with E-state index in [9.17, 15) is 4.79 Å². The maximum atomic E-state index is 10.9. The van der Waals surface area contributed by atoms with Gasteiger partial charge in [-0.3, -0.25) is 4.79 Å². The van der Waals surface area contributed by atoms with E-state index in [4.69, 9.17) is 9.47 Å². The zero-order valence-corrected chi connectivity index (χ0v) is 6.71. The minimum absolute atomic E-state index is 0.0272. The van der Waals surface area contributed by atoms with Gasteiger partial charge in [-0.15, -0.1) is 0 Å². The van der Waals surface area contributed by atoms with Crippen molar-refractivity contribution in [3.63, 3.8) is 0 Å². The van der Waals surface area contributed by atoms with E-state index >= 15 is 0 Å². The predicted molar refractivity (Wildman–Crippen MR) is 39.9 cm³/mol. The van der Waals surface area contributed by atoms with Gasteiger partial charge in [0.2, 0.25) is 0 Å². The lowest BCUT2D eigenvalue weighted by molar-refractivity contribution is -0.172. The summed E-state index contributed by atoms with van der Waals surface area (Å²) in [6.07, 6.45) is 3.28. The molecule has 1 aliphatic heterocycles. The van der Waals surface area contributed by atoms with Gasteiger partial charge in [-0.2, -0.15) is 0 Å². The lowest BCUT2D eigenvalue weighted by atomic mass is 10.2. The summed E-state index contributed by atoms with van der Waals surface area (Å²) in [5.74, 6) is -0.114. The Morgan fingerprint density at radius 1 is 1.73 bits per heavy atom. The van der Waals surface area contributed by atoms with Crippen LogP contribution in [0.3, 0.4) is 0 Å². The number of carbonyl (C=O) groups is 1. The molecule has 0 unspecified atom stereocenters. The fraction of sp³-hybridized carbons (Fsp3) is 0.750. The SMILES string of the molecule is C[CH]CCC(=O)OC1COC1. The monoisotopic (exact) mass is 157 g/mol. The third kappa shape index (κ3) is 2.89. The second kappa shape index (κ2) is 4.34. The van der Waals surface area contributed by atoms with Crippen molar-refractivity contribution < 1.29 is 14.3 Å². The number of rotatable bonds is 4. The Morgan fingerprint density at radius 2 is 2.45 bits per heavy atom. The highest BCUT2D eigenvalue weighted by Crippen LogP contribution is 2.07. The smallest absolute Gasteiger partial charge is 0.306 e. The number of ether oxygens (including phenoxy) is 2. The van der Waals surface area contributed by atoms with Crippen molar-refractivity contribution in [2.24, 2.45) is 0 Å². The van der Waals surface area contributed by atoms with Crippen LogP contribution in [-0.2, 0) is 14.3 Å². The predicted octanol–water partition coefficient (Wildman–Crippen LogP) is 0.933. The van der Waals surface area contributed by atoms with E-state index in [2.05, 4.69) is 0 Å². The average molecular weight is 157 g/mol. The van der Waals surface area contributed by atoms with E-state index in [1.165, 1.54) is 0 Å². The Morgan fingerprint density at radius 3 is 2.91 bits per heavy atom. The molecule has 1 heterocycles. The summed E-state index contributed by atoms with van der Waals surface area (Å²) in [4.78, 5) is 10.9. The average Bonchev–Trinajstić information content (AvgIpc) is 1.93. The molecule has 0 aromatic heterocycles. The van der Waals surface area contributed by atoms with Gasteiger partial charge < -0.3 is 9.47 Å². The van der Waals surface area contributed by atoms with Crippen molar-refractivity contribution in [3.8, 4) is 0 Å². The summed E-state index contributed by atoms with van der Waals surface area (Å²) in [7, 11) is 0. The molecule has 3 nitrogen and oxygen atoms in total. The van der Waals surface area contributed by atoms with E-state index in [1.54, 1.807) is 0 Å². The lowest BCUT2D eigenvalue weighted by Gasteiger charge is -2.25. The summed E-state index contributed by atoms with van der Waals surface area (Å²) in [6, 6.07) is 0. The molecule has 0 aromatic rings. The van der Waals surface area contributed by atoms with Gasteiger partial charge in [-0.25, -0.2) is 0 Å². The first-order valence-corrected chi connectivity index (χ1v) is 3.88. The van der Waals surface area contributed by atoms with Crippen molar-refractivity contribution in [2.75, 3.05) is 13.2 Å². The Bertz CT molecular complexity index is 129. The zero-order valence-electron chi connectivity index (χ0n) is 6.71. The molecule has 11 heavy (non-hydrogen) atoms. The molecule has 0 bridgehead atoms. The van der Waals surface area contributed by atoms with Crippen LogP contribution in [-0.4, -0.2) is 25.3 Å². The molecule has 1 fully saturated rings. The second-order valence-electron chi connectivity index (χ2n) is 2.60. The van der Waals surface area contributed by atoms with Gasteiger partial charge in [0, 0.05) is 6.42 Å². The summed E-state index contributed by atoms with van der Waals surface area (Å²) in [6.45, 7) is 3.07. The fourth-order valence-corrected chi connectivity index (χ4v) is 0.789. The topological polar surface area (TPSA) is 35.5 Å². The second-order valence-corrected chi connectivity index (χ2v) is 2.60. The maximum absolute atomic E-state index is 10.9. The quantitative estimate of drug-likeness (QED) is 0.569. The molecule has 0 N–H and O–H groups in total. The van der Waals surface area contributed by atoms with E-state index in [-0.39, 0.29) is 12.1 Å². The van der Waals surface area contributed by atoms with Gasteiger partial charge in [0.05, 0.1) is 13.2 Å². The first-order chi connectivity index (χ1) is 5.33. The molecule has 0 amide bonds. The molecule has 1 saturated heterocycles. The standard InChI is InChI=1S/C8H13O3/c1-2-3-4-8(9)11-7-5-10-6-7/h2,7H,3-6H2,1H3. The van der Waals surface area contributed by atoms with Crippen LogP contribution in [0.15, 0.2) is 0 Å². The summed E-state index contributed by atoms with van der Waals surface area (Å²) in [5.41, 5.74) is 0. The minimum atomic E-state index is -0.114. The van der Waals surface area contributed by atoms with Crippen molar-refractivity contribution in [1.82, 2.24) is 0 Å². The molecule has 0 aromatic carbocycles. The van der Waals surface area contributed by atoms with E-state index in [0.29, 0.717) is 19.6 Å². The van der Waals surface area contributed by atoms with Crippen LogP contribution in [0.25, 0.3) is 0 Å². The van der Waals surface area contributed by atoms with Crippen LogP contribution in [0.5, 0.6) is 0 Å². The normalized spacial score (nSPS) is 17.5. The van der Waals surface area contributed by atoms with Crippen LogP contribution in [0.1, 0.15) is 19.8 Å². The molecule has 0 saturated carbocycles. The molecule has 1 radical (unpaired) electrons. The molecular formula is C8H13O3. The number of esters is 1. The highest BCUT2D eigenvalue weighted by Gasteiger charge is 2.21. The Kier molecular flexibility index (Phi) is 3.36. The van der Waals surface area contributed by atoms with Gasteiger partial charge in [0.1, 0.15) is 6.10 Å². The van der Waals surface area contributed by atoms with Gasteiger partial charge in [-0.05, 0) is 12.8 Å². The number of unbranched alkanes of at least 4 members (excludes halogenated alkanes) is 1. The number of hydrogen-bond acceptors (Lipinski definition) is 3. The van der Waals surface area contributed by atoms with Crippen LogP contribution in [0.4, 0.5) is 0 Å². The highest BCUT2D eigenvalue weighted by atomic mass is 16.6. The van der Waals surface area contributed by atoms with E-state index < -0.39 is 0 Å². The molecule has 3 heteroatoms. The molecule has 0 atom stereocenters. The zero-order chi connectivity index (χ0) is 8.10. The van der Waals surface area contributed by atoms with E-state index in [1.807, 2.05) is 13.3 Å². The van der Waals surface area contributed by atoms with Crippen molar-refractivity contribution >= 4 is 5.97 Å². The van der Waals surface area contributed by atoms with Gasteiger partial charge in [-0.1, -0.05) is 6.92 Å². The number of carbonyl (C=O) groups excluding carboxylic acids is 1. The molecule has 63 valence electrons.